The molecule has 1 atom stereocenters. The van der Waals surface area contributed by atoms with E-state index in [1.165, 1.54) is 0 Å². The molecule has 0 fully saturated rings. The van der Waals surface area contributed by atoms with E-state index in [4.69, 9.17) is 11.5 Å². The zero-order chi connectivity index (χ0) is 8.15. The van der Waals surface area contributed by atoms with Gasteiger partial charge in [-0.3, -0.25) is 4.79 Å². The molecule has 0 aromatic carbocycles. The fourth-order valence-corrected chi connectivity index (χ4v) is 0.681. The van der Waals surface area contributed by atoms with Crippen molar-refractivity contribution < 1.29 is 4.79 Å². The maximum Gasteiger partial charge on any atom is 0.151 e. The first kappa shape index (κ1) is 9.59. The quantitative estimate of drug-likeness (QED) is 0.578. The van der Waals surface area contributed by atoms with Crippen LogP contribution in [0.5, 0.6) is 0 Å². The van der Waals surface area contributed by atoms with Gasteiger partial charge in [0, 0.05) is 6.42 Å². The van der Waals surface area contributed by atoms with Crippen LogP contribution >= 0.6 is 0 Å². The van der Waals surface area contributed by atoms with Crippen LogP contribution in [0.15, 0.2) is 0 Å². The molecule has 0 aliphatic carbocycles. The second-order valence-electron chi connectivity index (χ2n) is 2.77. The van der Waals surface area contributed by atoms with Gasteiger partial charge in [-0.2, -0.15) is 0 Å². The number of hydrogen-bond donors (Lipinski definition) is 2. The lowest BCUT2D eigenvalue weighted by molar-refractivity contribution is -0.120. The molecule has 3 heteroatoms. The van der Waals surface area contributed by atoms with Crippen molar-refractivity contribution >= 4 is 5.78 Å². The van der Waals surface area contributed by atoms with Crippen molar-refractivity contribution in [1.82, 2.24) is 0 Å². The number of ketones is 1. The average Bonchev–Trinajstić information content (AvgIpc) is 1.87. The second-order valence-corrected chi connectivity index (χ2v) is 2.77. The standard InChI is InChI=1S/C7H16N2O/c1-5(2)7(9)6(10)3-4-8/h5,7H,3-4,8-9H2,1-2H3. The van der Waals surface area contributed by atoms with Gasteiger partial charge in [0.25, 0.3) is 0 Å². The highest BCUT2D eigenvalue weighted by Crippen LogP contribution is 2.00. The van der Waals surface area contributed by atoms with E-state index in [-0.39, 0.29) is 17.7 Å². The third kappa shape index (κ3) is 2.94. The molecule has 0 aromatic rings. The molecule has 0 aromatic heterocycles. The number of carbonyl (C=O) groups is 1. The Kier molecular flexibility index (Phi) is 4.23. The zero-order valence-corrected chi connectivity index (χ0v) is 6.63. The molecule has 4 N–H and O–H groups in total. The van der Waals surface area contributed by atoms with Gasteiger partial charge in [-0.15, -0.1) is 0 Å². The van der Waals surface area contributed by atoms with Crippen molar-refractivity contribution in [3.63, 3.8) is 0 Å². The molecule has 10 heavy (non-hydrogen) atoms. The monoisotopic (exact) mass is 144 g/mol. The summed E-state index contributed by atoms with van der Waals surface area (Å²) >= 11 is 0. The van der Waals surface area contributed by atoms with Crippen LogP contribution in [-0.2, 0) is 4.79 Å². The number of nitrogens with two attached hydrogens (primary N) is 2. The van der Waals surface area contributed by atoms with Gasteiger partial charge < -0.3 is 11.5 Å². The lowest BCUT2D eigenvalue weighted by atomic mass is 9.99. The molecule has 0 bridgehead atoms. The number of hydrogen-bond acceptors (Lipinski definition) is 3. The molecule has 0 saturated carbocycles. The topological polar surface area (TPSA) is 69.1 Å². The molecule has 0 saturated heterocycles. The van der Waals surface area contributed by atoms with Crippen LogP contribution in [0.3, 0.4) is 0 Å². The highest BCUT2D eigenvalue weighted by molar-refractivity contribution is 5.84. The van der Waals surface area contributed by atoms with Gasteiger partial charge in [-0.05, 0) is 12.5 Å². The fourth-order valence-electron chi connectivity index (χ4n) is 0.681. The van der Waals surface area contributed by atoms with E-state index in [0.717, 1.165) is 0 Å². The minimum Gasteiger partial charge on any atom is -0.330 e. The summed E-state index contributed by atoms with van der Waals surface area (Å²) in [6.07, 6.45) is 0.402. The first-order valence-electron chi connectivity index (χ1n) is 3.58. The summed E-state index contributed by atoms with van der Waals surface area (Å²) in [5.41, 5.74) is 10.7. The Hall–Kier alpha value is -0.410. The van der Waals surface area contributed by atoms with Gasteiger partial charge in [0.05, 0.1) is 6.04 Å². The molecular formula is C7H16N2O. The van der Waals surface area contributed by atoms with E-state index in [0.29, 0.717) is 13.0 Å². The number of rotatable bonds is 4. The lowest BCUT2D eigenvalue weighted by Crippen LogP contribution is -2.36. The largest absolute Gasteiger partial charge is 0.330 e. The van der Waals surface area contributed by atoms with Crippen LogP contribution in [0.2, 0.25) is 0 Å². The average molecular weight is 144 g/mol. The Morgan fingerprint density at radius 2 is 2.00 bits per heavy atom. The second kappa shape index (κ2) is 4.41. The van der Waals surface area contributed by atoms with Crippen LogP contribution < -0.4 is 11.5 Å². The molecule has 0 aliphatic heterocycles. The van der Waals surface area contributed by atoms with Crippen molar-refractivity contribution in [2.24, 2.45) is 17.4 Å². The molecule has 0 aliphatic rings. The van der Waals surface area contributed by atoms with Gasteiger partial charge in [0.15, 0.2) is 5.78 Å². The highest BCUT2D eigenvalue weighted by Gasteiger charge is 2.15. The highest BCUT2D eigenvalue weighted by atomic mass is 16.1. The van der Waals surface area contributed by atoms with E-state index in [1.54, 1.807) is 0 Å². The van der Waals surface area contributed by atoms with Crippen molar-refractivity contribution in [3.8, 4) is 0 Å². The fraction of sp³-hybridized carbons (Fsp3) is 0.857. The molecule has 0 heterocycles. The van der Waals surface area contributed by atoms with Crippen LogP contribution in [-0.4, -0.2) is 18.4 Å². The van der Waals surface area contributed by atoms with Crippen LogP contribution in [0, 0.1) is 5.92 Å². The van der Waals surface area contributed by atoms with Crippen molar-refractivity contribution in [3.05, 3.63) is 0 Å². The zero-order valence-electron chi connectivity index (χ0n) is 6.63. The summed E-state index contributed by atoms with van der Waals surface area (Å²) in [4.78, 5) is 11.0. The number of Topliss-reactive ketones (excluding diaryl/α,β-unsaturated/α-hetero) is 1. The third-order valence-corrected chi connectivity index (χ3v) is 1.48. The minimum atomic E-state index is -0.330. The lowest BCUT2D eigenvalue weighted by Gasteiger charge is -2.12. The molecule has 3 nitrogen and oxygen atoms in total. The molecular weight excluding hydrogens is 128 g/mol. The molecule has 60 valence electrons. The minimum absolute atomic E-state index is 0.0671. The Bertz CT molecular complexity index is 112. The summed E-state index contributed by atoms with van der Waals surface area (Å²) in [5.74, 6) is 0.288. The van der Waals surface area contributed by atoms with Crippen LogP contribution in [0.4, 0.5) is 0 Å². The van der Waals surface area contributed by atoms with Crippen LogP contribution in [0.25, 0.3) is 0 Å². The molecule has 1 unspecified atom stereocenters. The normalized spacial score (nSPS) is 13.7. The first-order chi connectivity index (χ1) is 4.59. The van der Waals surface area contributed by atoms with Gasteiger partial charge in [0.2, 0.25) is 0 Å². The van der Waals surface area contributed by atoms with E-state index in [9.17, 15) is 4.79 Å². The summed E-state index contributed by atoms with van der Waals surface area (Å²) < 4.78 is 0. The van der Waals surface area contributed by atoms with Crippen LogP contribution in [0.1, 0.15) is 20.3 Å². The summed E-state index contributed by atoms with van der Waals surface area (Å²) in [6, 6.07) is -0.330. The third-order valence-electron chi connectivity index (χ3n) is 1.48. The van der Waals surface area contributed by atoms with Gasteiger partial charge in [-0.1, -0.05) is 13.8 Å². The maximum absolute atomic E-state index is 11.0. The Morgan fingerprint density at radius 3 is 2.30 bits per heavy atom. The first-order valence-corrected chi connectivity index (χ1v) is 3.58. The van der Waals surface area contributed by atoms with E-state index in [2.05, 4.69) is 0 Å². The van der Waals surface area contributed by atoms with Gasteiger partial charge >= 0.3 is 0 Å². The molecule has 0 radical (unpaired) electrons. The van der Waals surface area contributed by atoms with Gasteiger partial charge in [0.1, 0.15) is 0 Å². The molecule has 0 rings (SSSR count). The van der Waals surface area contributed by atoms with Crippen molar-refractivity contribution in [1.29, 1.82) is 0 Å². The van der Waals surface area contributed by atoms with E-state index in [1.807, 2.05) is 13.8 Å². The Labute approximate surface area is 61.8 Å². The Morgan fingerprint density at radius 1 is 1.50 bits per heavy atom. The Balaban J connectivity index is 3.71. The maximum atomic E-state index is 11.0. The van der Waals surface area contributed by atoms with E-state index < -0.39 is 0 Å². The summed E-state index contributed by atoms with van der Waals surface area (Å²) in [6.45, 7) is 4.26. The predicted molar refractivity (Wildman–Crippen MR) is 41.5 cm³/mol. The smallest absolute Gasteiger partial charge is 0.151 e. The molecule has 0 amide bonds. The summed E-state index contributed by atoms with van der Waals surface area (Å²) in [5, 5.41) is 0. The predicted octanol–water partition coefficient (Wildman–Crippen LogP) is -0.112. The van der Waals surface area contributed by atoms with E-state index >= 15 is 0 Å². The van der Waals surface area contributed by atoms with Gasteiger partial charge in [-0.25, -0.2) is 0 Å². The van der Waals surface area contributed by atoms with Crippen molar-refractivity contribution in [2.75, 3.05) is 6.54 Å². The summed E-state index contributed by atoms with van der Waals surface area (Å²) in [7, 11) is 0. The number of carbonyl (C=O) groups excluding carboxylic acids is 1. The van der Waals surface area contributed by atoms with Crippen molar-refractivity contribution in [2.45, 2.75) is 26.3 Å². The molecule has 0 spiro atoms. The SMILES string of the molecule is CC(C)C(N)C(=O)CCN.